The van der Waals surface area contributed by atoms with Gasteiger partial charge in [0.15, 0.2) is 0 Å². The van der Waals surface area contributed by atoms with Gasteiger partial charge in [0.25, 0.3) is 11.8 Å². The van der Waals surface area contributed by atoms with Crippen molar-refractivity contribution in [2.45, 2.75) is 568 Å². The van der Waals surface area contributed by atoms with Crippen molar-refractivity contribution in [1.82, 2.24) is 5.32 Å². The highest BCUT2D eigenvalue weighted by Gasteiger charge is 2.71. The van der Waals surface area contributed by atoms with Crippen LogP contribution < -0.4 is 16.8 Å². The SMILES string of the molecule is CC(C)CC(C)(N)C(C)C.CC(C)CC(C)(O)C(C)C.CC(C)CC(C)C.CC(C)CC(F)(F)C(C)C.CC(C)CC(N)C(C)C.CC(C)CC(O)C(C)C.CC(C)CC1(C(C)C)CC1.CC(C)CC1(C(C)C)CC1(F)F.CC(C)CCC(C)C.CC(C)CCC(O)(CO)CC(C)C.CC(C)CCCC(C)C.CNC(CC(C)C)C(C)C.[C-]#[N+]C(C)(CC(C)C)C(C)C. The molecule has 9 N–H and O–H groups in total. The molecule has 8 atom stereocenters. The van der Waals surface area contributed by atoms with Crippen LogP contribution in [0.4, 0.5) is 17.6 Å². The molecule has 128 heavy (non-hydrogen) atoms. The summed E-state index contributed by atoms with van der Waals surface area (Å²) < 4.78 is 51.7. The standard InChI is InChI=1S/C11H24O2.C10H18F2.C10H19N.C10H20.2C9H21N.C9H20O.C9H20.C8H16F2.C8H19N.C8H18O.C8H18.C7H16/c1-9(2)5-6-11(13,8-12)7-10(3)4;1-7(2)5-9(8(3)4)6-10(9,11)12;1-8(2)7-10(5,11-6)9(3)4;1-8(2)7-10(5-6-10)9(3)4;1-7(2)6-9(10-5)8(3)4;2*1-7(2)6-9(5,10)8(3)4;1-8(2)6-5-7-9(3)4;1-6(2)5-8(9,10)7(3)4;2*1-6(2)5-8(9)7(3)4;1-7(2)5-6-8(3)4;1-6(2)5-7(3)4/h9-10,12-13H,5-8H2,1-4H3;7-8H,5-6H2,1-4H3;8-9H,7H2,1-5H3;8-9H,5-7H2,1-4H3;7-10H,6H2,1-5H3;7-8H,6,10H2,1-5H3;7-8,10H,6H2,1-5H3;8-9H,5-7H2,1-4H3;6-7H,5H2,1-4H3;6-8H,5,9H2,1-4H3;6-9H,5H2,1-4H3;7-8H,5-6H2,1-4H3;6-7H,5H2,1-4H3. The van der Waals surface area contributed by atoms with Gasteiger partial charge in [-0.05, 0) is 252 Å². The van der Waals surface area contributed by atoms with Crippen molar-refractivity contribution >= 4 is 0 Å². The van der Waals surface area contributed by atoms with E-state index in [0.717, 1.165) is 109 Å². The van der Waals surface area contributed by atoms with Gasteiger partial charge < -0.3 is 42.1 Å². The van der Waals surface area contributed by atoms with Crippen molar-refractivity contribution in [2.75, 3.05) is 13.7 Å². The molecule has 0 saturated heterocycles. The maximum absolute atomic E-state index is 13.1. The molecule has 0 aromatic rings. The van der Waals surface area contributed by atoms with E-state index in [1.54, 1.807) is 13.8 Å². The number of nitrogens with two attached hydrogens (primary N) is 2. The molecule has 0 bridgehead atoms. The van der Waals surface area contributed by atoms with Crippen molar-refractivity contribution in [1.29, 1.82) is 0 Å². The molecule has 12 heteroatoms. The van der Waals surface area contributed by atoms with E-state index in [-0.39, 0.29) is 48.5 Å². The Morgan fingerprint density at radius 1 is 0.383 bits per heavy atom. The second kappa shape index (κ2) is 78.8. The topological polar surface area (TPSA) is 149 Å². The van der Waals surface area contributed by atoms with Crippen LogP contribution in [0.15, 0.2) is 0 Å². The third-order valence-electron chi connectivity index (χ3n) is 25.1. The van der Waals surface area contributed by atoms with Crippen LogP contribution in [-0.4, -0.2) is 86.4 Å². The van der Waals surface area contributed by atoms with Crippen molar-refractivity contribution in [3.8, 4) is 0 Å². The van der Waals surface area contributed by atoms with Gasteiger partial charge in [-0.25, -0.2) is 24.1 Å². The number of hydrogen-bond acceptors (Lipinski definition) is 7. The molecule has 0 radical (unpaired) electrons. The molecule has 2 saturated carbocycles. The lowest BCUT2D eigenvalue weighted by atomic mass is 9.82. The van der Waals surface area contributed by atoms with Gasteiger partial charge in [-0.3, -0.25) is 0 Å². The Hall–Kier alpha value is -1.07. The molecule has 0 amide bonds. The molecule has 0 aliphatic heterocycles. The maximum Gasteiger partial charge on any atom is 0.254 e. The normalized spacial score (nSPS) is 17.1. The molecule has 0 aromatic carbocycles. The molecule has 8 unspecified atom stereocenters. The summed E-state index contributed by atoms with van der Waals surface area (Å²) in [6.45, 7) is 125. The highest BCUT2D eigenvalue weighted by molar-refractivity contribution is 5.11. The molecule has 0 aromatic heterocycles. The summed E-state index contributed by atoms with van der Waals surface area (Å²) in [6, 6.07) is 1.09. The fourth-order valence-corrected chi connectivity index (χ4v) is 15.3. The average molecular weight is 1840 g/mol. The number of nitrogens with one attached hydrogen (secondary N) is 1. The van der Waals surface area contributed by atoms with Crippen LogP contribution in [0.25, 0.3) is 4.85 Å². The second-order valence-corrected chi connectivity index (χ2v) is 51.3. The Bertz CT molecular complexity index is 2280. The fourth-order valence-electron chi connectivity index (χ4n) is 15.3. The fraction of sp³-hybridized carbons (Fsp3) is 0.991. The van der Waals surface area contributed by atoms with E-state index in [4.69, 9.17) is 23.1 Å². The largest absolute Gasteiger partial charge is 0.393 e. The monoisotopic (exact) mass is 1840 g/mol. The summed E-state index contributed by atoms with van der Waals surface area (Å²) in [4.78, 5) is 3.71. The molecular weight excluding hydrogens is 1590 g/mol. The minimum absolute atomic E-state index is 0.00463. The maximum atomic E-state index is 13.1. The van der Waals surface area contributed by atoms with Crippen LogP contribution in [0.5, 0.6) is 0 Å². The van der Waals surface area contributed by atoms with Gasteiger partial charge in [-0.1, -0.05) is 392 Å². The Kier molecular flexibility index (Phi) is 92.2. The van der Waals surface area contributed by atoms with Crippen molar-refractivity contribution in [3.63, 3.8) is 0 Å². The molecule has 2 fully saturated rings. The molecule has 786 valence electrons. The van der Waals surface area contributed by atoms with Gasteiger partial charge in [0.05, 0.1) is 23.9 Å². The van der Waals surface area contributed by atoms with Gasteiger partial charge in [-0.15, -0.1) is 0 Å². The Balaban J connectivity index is -0.000000129. The first kappa shape index (κ1) is 150. The summed E-state index contributed by atoms with van der Waals surface area (Å²) in [6.07, 6.45) is 22.2. The molecule has 8 nitrogen and oxygen atoms in total. The van der Waals surface area contributed by atoms with Gasteiger partial charge in [0.1, 0.15) is 0 Å². The van der Waals surface area contributed by atoms with Gasteiger partial charge in [-0.2, -0.15) is 0 Å². The Morgan fingerprint density at radius 3 is 0.852 bits per heavy atom. The predicted octanol–water partition coefficient (Wildman–Crippen LogP) is 36.5. The van der Waals surface area contributed by atoms with Crippen LogP contribution >= 0.6 is 0 Å². The molecule has 2 rings (SSSR count). The van der Waals surface area contributed by atoms with Crippen molar-refractivity contribution in [2.24, 2.45) is 176 Å². The van der Waals surface area contributed by atoms with Crippen molar-refractivity contribution < 1.29 is 38.0 Å². The minimum Gasteiger partial charge on any atom is -0.393 e. The van der Waals surface area contributed by atoms with Gasteiger partial charge >= 0.3 is 0 Å². The lowest BCUT2D eigenvalue weighted by Crippen LogP contribution is -2.42. The molecule has 2 aliphatic rings. The lowest BCUT2D eigenvalue weighted by Gasteiger charge is -2.30. The summed E-state index contributed by atoms with van der Waals surface area (Å²) in [7, 11) is 2.05. The molecule has 0 heterocycles. The Labute approximate surface area is 807 Å². The predicted molar refractivity (Wildman–Crippen MR) is 575 cm³/mol. The molecular formula is C116H250F4N4O4. The van der Waals surface area contributed by atoms with Gasteiger partial charge in [0, 0.05) is 61.1 Å². The zero-order valence-corrected chi connectivity index (χ0v) is 98.2. The first-order valence-electron chi connectivity index (χ1n) is 53.4. The number of hydrogen-bond donors (Lipinski definition) is 7. The number of alkyl halides is 4. The van der Waals surface area contributed by atoms with Crippen LogP contribution in [-0.2, 0) is 0 Å². The molecule has 2 aliphatic carbocycles. The van der Waals surface area contributed by atoms with E-state index in [1.807, 2.05) is 69.4 Å². The van der Waals surface area contributed by atoms with E-state index in [0.29, 0.717) is 102 Å². The lowest BCUT2D eigenvalue weighted by molar-refractivity contribution is -0.0617. The van der Waals surface area contributed by atoms with Gasteiger partial charge in [0.2, 0.25) is 5.54 Å². The molecule has 0 spiro atoms. The first-order chi connectivity index (χ1) is 57.3. The van der Waals surface area contributed by atoms with E-state index < -0.39 is 34.4 Å². The van der Waals surface area contributed by atoms with E-state index in [2.05, 4.69) is 315 Å². The zero-order valence-electron chi connectivity index (χ0n) is 98.2. The third kappa shape index (κ3) is 96.6. The van der Waals surface area contributed by atoms with Crippen LogP contribution in [0.1, 0.15) is 516 Å². The van der Waals surface area contributed by atoms with Crippen molar-refractivity contribution in [3.05, 3.63) is 11.4 Å². The number of halogens is 4. The summed E-state index contributed by atoms with van der Waals surface area (Å²) >= 11 is 0. The number of aliphatic hydroxyl groups is 4. The highest BCUT2D eigenvalue weighted by Crippen LogP contribution is 2.67. The van der Waals surface area contributed by atoms with Crippen LogP contribution in [0.3, 0.4) is 0 Å². The second-order valence-electron chi connectivity index (χ2n) is 51.3. The highest BCUT2D eigenvalue weighted by atomic mass is 19.3. The van der Waals surface area contributed by atoms with E-state index >= 15 is 0 Å². The van der Waals surface area contributed by atoms with E-state index in [9.17, 15) is 32.9 Å². The first-order valence-corrected chi connectivity index (χ1v) is 53.4. The Morgan fingerprint density at radius 2 is 0.727 bits per heavy atom. The smallest absolute Gasteiger partial charge is 0.254 e. The van der Waals surface area contributed by atoms with Crippen LogP contribution in [0.2, 0.25) is 0 Å². The summed E-state index contributed by atoms with van der Waals surface area (Å²) in [5, 5.41) is 41.5. The number of aliphatic hydroxyl groups excluding tert-OH is 2. The average Bonchev–Trinajstić information content (AvgIpc) is 1.55. The zero-order chi connectivity index (χ0) is 105. The summed E-state index contributed by atoms with van der Waals surface area (Å²) in [5.74, 6) is 10.6. The number of nitrogens with zero attached hydrogens (tertiary/aromatic N) is 1. The third-order valence-corrected chi connectivity index (χ3v) is 25.1. The summed E-state index contributed by atoms with van der Waals surface area (Å²) in [5.41, 5.74) is 10.5. The van der Waals surface area contributed by atoms with Crippen LogP contribution in [0, 0.1) is 171 Å². The minimum atomic E-state index is -2.48. The number of rotatable bonds is 43. The van der Waals surface area contributed by atoms with E-state index in [1.165, 1.54) is 64.2 Å². The quantitative estimate of drug-likeness (QED) is 0.0237.